The lowest BCUT2D eigenvalue weighted by Crippen LogP contribution is -2.51. The smallest absolute Gasteiger partial charge is 0.322 e. The Bertz CT molecular complexity index is 765. The molecule has 1 aromatic rings. The number of carbonyl (C=O) groups excluding carboxylic acids is 1. The lowest BCUT2D eigenvalue weighted by atomic mass is 10.0. The first-order valence-corrected chi connectivity index (χ1v) is 10.0. The van der Waals surface area contributed by atoms with E-state index in [0.29, 0.717) is 30.0 Å². The average Bonchev–Trinajstić information content (AvgIpc) is 3.08. The number of benzene rings is 1. The van der Waals surface area contributed by atoms with Gasteiger partial charge in [-0.2, -0.15) is 0 Å². The molecule has 4 rings (SSSR count). The highest BCUT2D eigenvalue weighted by atomic mass is 32.2. The van der Waals surface area contributed by atoms with Crippen LogP contribution in [0.3, 0.4) is 0 Å². The van der Waals surface area contributed by atoms with Crippen molar-refractivity contribution < 1.29 is 22.7 Å². The van der Waals surface area contributed by atoms with Crippen molar-refractivity contribution in [3.8, 4) is 11.5 Å². The molecule has 1 aromatic carbocycles. The summed E-state index contributed by atoms with van der Waals surface area (Å²) in [5.41, 5.74) is 0.647. The minimum atomic E-state index is -3.06. The molecule has 0 spiro atoms. The second-order valence-corrected chi connectivity index (χ2v) is 9.04. The number of amides is 2. The van der Waals surface area contributed by atoms with Gasteiger partial charge >= 0.3 is 6.03 Å². The Kier molecular flexibility index (Phi) is 3.59. The van der Waals surface area contributed by atoms with Crippen LogP contribution >= 0.6 is 0 Å². The summed E-state index contributed by atoms with van der Waals surface area (Å²) in [6.07, 6.45) is 4.09. The maximum absolute atomic E-state index is 12.7. The number of rotatable bonds is 2. The Labute approximate surface area is 140 Å². The van der Waals surface area contributed by atoms with Crippen molar-refractivity contribution in [1.29, 1.82) is 0 Å². The molecular formula is C16H20N2O5S. The SMILES string of the molecule is CS(=O)(=O)C1CC2CCC(C1)N2C(=O)Nc1ccc2c(c1)OCO2. The molecule has 7 nitrogen and oxygen atoms in total. The molecule has 3 aliphatic rings. The van der Waals surface area contributed by atoms with Crippen LogP contribution in [0.25, 0.3) is 0 Å². The Morgan fingerprint density at radius 2 is 1.83 bits per heavy atom. The molecule has 1 N–H and O–H groups in total. The van der Waals surface area contributed by atoms with E-state index in [0.717, 1.165) is 12.8 Å². The Morgan fingerprint density at radius 3 is 2.50 bits per heavy atom. The summed E-state index contributed by atoms with van der Waals surface area (Å²) in [6.45, 7) is 0.190. The maximum Gasteiger partial charge on any atom is 0.322 e. The number of piperidine rings is 1. The zero-order valence-corrected chi connectivity index (χ0v) is 14.2. The molecule has 0 saturated carbocycles. The third kappa shape index (κ3) is 2.68. The van der Waals surface area contributed by atoms with E-state index in [2.05, 4.69) is 5.32 Å². The highest BCUT2D eigenvalue weighted by molar-refractivity contribution is 7.91. The topological polar surface area (TPSA) is 84.9 Å². The number of sulfone groups is 1. The molecular weight excluding hydrogens is 332 g/mol. The summed E-state index contributed by atoms with van der Waals surface area (Å²) in [4.78, 5) is 14.5. The lowest BCUT2D eigenvalue weighted by molar-refractivity contribution is 0.160. The summed E-state index contributed by atoms with van der Waals surface area (Å²) in [6, 6.07) is 5.10. The van der Waals surface area contributed by atoms with Crippen molar-refractivity contribution in [2.45, 2.75) is 43.0 Å². The van der Waals surface area contributed by atoms with Crippen molar-refractivity contribution >= 4 is 21.6 Å². The minimum Gasteiger partial charge on any atom is -0.454 e. The van der Waals surface area contributed by atoms with E-state index in [-0.39, 0.29) is 30.2 Å². The fourth-order valence-electron chi connectivity index (χ4n) is 3.97. The van der Waals surface area contributed by atoms with E-state index in [9.17, 15) is 13.2 Å². The van der Waals surface area contributed by atoms with Crippen molar-refractivity contribution in [2.75, 3.05) is 18.4 Å². The quantitative estimate of drug-likeness (QED) is 0.880. The van der Waals surface area contributed by atoms with Gasteiger partial charge in [0, 0.05) is 30.1 Å². The number of ether oxygens (including phenoxy) is 2. The summed E-state index contributed by atoms with van der Waals surface area (Å²) >= 11 is 0. The first kappa shape index (κ1) is 15.6. The van der Waals surface area contributed by atoms with Crippen LogP contribution in [0.1, 0.15) is 25.7 Å². The molecule has 0 radical (unpaired) electrons. The molecule has 2 unspecified atom stereocenters. The van der Waals surface area contributed by atoms with E-state index < -0.39 is 9.84 Å². The van der Waals surface area contributed by atoms with Crippen LogP contribution < -0.4 is 14.8 Å². The molecule has 3 aliphatic heterocycles. The van der Waals surface area contributed by atoms with Gasteiger partial charge in [0.1, 0.15) is 9.84 Å². The van der Waals surface area contributed by atoms with Crippen molar-refractivity contribution in [2.24, 2.45) is 0 Å². The first-order valence-electron chi connectivity index (χ1n) is 8.09. The highest BCUT2D eigenvalue weighted by Gasteiger charge is 2.45. The normalized spacial score (nSPS) is 28.0. The lowest BCUT2D eigenvalue weighted by Gasteiger charge is -2.38. The number of hydrogen-bond acceptors (Lipinski definition) is 5. The van der Waals surface area contributed by atoms with Crippen molar-refractivity contribution in [1.82, 2.24) is 4.90 Å². The van der Waals surface area contributed by atoms with Crippen LogP contribution in [-0.4, -0.2) is 49.7 Å². The molecule has 130 valence electrons. The van der Waals surface area contributed by atoms with Gasteiger partial charge in [0.15, 0.2) is 11.5 Å². The van der Waals surface area contributed by atoms with Gasteiger partial charge in [-0.15, -0.1) is 0 Å². The fraction of sp³-hybridized carbons (Fsp3) is 0.562. The molecule has 24 heavy (non-hydrogen) atoms. The molecule has 8 heteroatoms. The van der Waals surface area contributed by atoms with Gasteiger partial charge in [0.2, 0.25) is 6.79 Å². The number of carbonyl (C=O) groups is 1. The fourth-order valence-corrected chi connectivity index (χ4v) is 5.11. The van der Waals surface area contributed by atoms with E-state index in [1.54, 1.807) is 18.2 Å². The van der Waals surface area contributed by atoms with Crippen LogP contribution in [0.5, 0.6) is 11.5 Å². The minimum absolute atomic E-state index is 0.00233. The van der Waals surface area contributed by atoms with Gasteiger partial charge in [-0.3, -0.25) is 0 Å². The van der Waals surface area contributed by atoms with Crippen LogP contribution in [0.2, 0.25) is 0 Å². The molecule has 3 heterocycles. The highest BCUT2D eigenvalue weighted by Crippen LogP contribution is 2.39. The predicted octanol–water partition coefficient (Wildman–Crippen LogP) is 1.99. The number of fused-ring (bicyclic) bond motifs is 3. The standard InChI is InChI=1S/C16H20N2O5S/c1-24(20,21)13-7-11-3-4-12(8-13)18(11)16(19)17-10-2-5-14-15(6-10)23-9-22-14/h2,5-6,11-13H,3-4,7-9H2,1H3,(H,17,19). The number of hydrogen-bond donors (Lipinski definition) is 1. The molecule has 2 atom stereocenters. The Morgan fingerprint density at radius 1 is 1.17 bits per heavy atom. The van der Waals surface area contributed by atoms with Gasteiger partial charge in [0.05, 0.1) is 5.25 Å². The number of urea groups is 1. The van der Waals surface area contributed by atoms with Gasteiger partial charge < -0.3 is 19.7 Å². The van der Waals surface area contributed by atoms with Gasteiger partial charge in [-0.05, 0) is 37.8 Å². The summed E-state index contributed by atoms with van der Waals surface area (Å²) in [5, 5.41) is 2.57. The molecule has 2 fully saturated rings. The molecule has 2 amide bonds. The van der Waals surface area contributed by atoms with E-state index in [1.165, 1.54) is 6.26 Å². The second-order valence-electron chi connectivity index (χ2n) is 6.71. The molecule has 0 aromatic heterocycles. The van der Waals surface area contributed by atoms with E-state index in [4.69, 9.17) is 9.47 Å². The number of anilines is 1. The first-order chi connectivity index (χ1) is 11.4. The summed E-state index contributed by atoms with van der Waals surface area (Å²) in [5.74, 6) is 1.29. The number of nitrogens with zero attached hydrogens (tertiary/aromatic N) is 1. The zero-order chi connectivity index (χ0) is 16.9. The average molecular weight is 352 g/mol. The van der Waals surface area contributed by atoms with Crippen LogP contribution in [0.15, 0.2) is 18.2 Å². The third-order valence-corrected chi connectivity index (χ3v) is 6.75. The molecule has 0 aliphatic carbocycles. The monoisotopic (exact) mass is 352 g/mol. The summed E-state index contributed by atoms with van der Waals surface area (Å²) in [7, 11) is -3.06. The molecule has 2 saturated heterocycles. The Balaban J connectivity index is 1.48. The van der Waals surface area contributed by atoms with Gasteiger partial charge in [-0.25, -0.2) is 13.2 Å². The van der Waals surface area contributed by atoms with Crippen LogP contribution in [0, 0.1) is 0 Å². The zero-order valence-electron chi connectivity index (χ0n) is 13.4. The van der Waals surface area contributed by atoms with Gasteiger partial charge in [0.25, 0.3) is 0 Å². The van der Waals surface area contributed by atoms with Crippen LogP contribution in [-0.2, 0) is 9.84 Å². The predicted molar refractivity (Wildman–Crippen MR) is 88.1 cm³/mol. The van der Waals surface area contributed by atoms with Crippen molar-refractivity contribution in [3.63, 3.8) is 0 Å². The molecule has 2 bridgehead atoms. The third-order valence-electron chi connectivity index (χ3n) is 5.15. The summed E-state index contributed by atoms with van der Waals surface area (Å²) < 4.78 is 34.3. The van der Waals surface area contributed by atoms with Crippen LogP contribution in [0.4, 0.5) is 10.5 Å². The van der Waals surface area contributed by atoms with Crippen molar-refractivity contribution in [3.05, 3.63) is 18.2 Å². The number of nitrogens with one attached hydrogen (secondary N) is 1. The van der Waals surface area contributed by atoms with E-state index >= 15 is 0 Å². The largest absolute Gasteiger partial charge is 0.454 e. The maximum atomic E-state index is 12.7. The van der Waals surface area contributed by atoms with E-state index in [1.807, 2.05) is 4.90 Å². The Hall–Kier alpha value is -1.96. The van der Waals surface area contributed by atoms with Gasteiger partial charge in [-0.1, -0.05) is 0 Å². The second kappa shape index (κ2) is 5.54.